The Hall–Kier alpha value is -2.06. The number of benzene rings is 1. The van der Waals surface area contributed by atoms with Crippen molar-refractivity contribution in [3.05, 3.63) is 35.4 Å². The van der Waals surface area contributed by atoms with Crippen LogP contribution in [0.25, 0.3) is 0 Å². The summed E-state index contributed by atoms with van der Waals surface area (Å²) in [4.78, 5) is 22.6. The zero-order valence-corrected chi connectivity index (χ0v) is 13.0. The number of carboxylic acid groups (broad SMARTS) is 1. The van der Waals surface area contributed by atoms with Gasteiger partial charge in [0.2, 0.25) is 5.91 Å². The molecular formula is C16H19F2NO5. The Morgan fingerprint density at radius 2 is 2.17 bits per heavy atom. The van der Waals surface area contributed by atoms with Gasteiger partial charge in [-0.25, -0.2) is 13.6 Å². The Balaban J connectivity index is 1.84. The number of nitrogens with one attached hydrogen (secondary N) is 1. The van der Waals surface area contributed by atoms with Crippen molar-refractivity contribution in [3.63, 3.8) is 0 Å². The van der Waals surface area contributed by atoms with Crippen LogP contribution in [0.5, 0.6) is 0 Å². The Morgan fingerprint density at radius 1 is 1.38 bits per heavy atom. The van der Waals surface area contributed by atoms with Crippen LogP contribution in [0.4, 0.5) is 8.78 Å². The number of aliphatic carboxylic acids is 1. The van der Waals surface area contributed by atoms with Crippen molar-refractivity contribution in [2.45, 2.75) is 31.4 Å². The lowest BCUT2D eigenvalue weighted by Crippen LogP contribution is -2.51. The number of carbonyl (C=O) groups excluding carboxylic acids is 1. The molecule has 0 bridgehead atoms. The van der Waals surface area contributed by atoms with Crippen LogP contribution in [-0.4, -0.2) is 48.9 Å². The minimum atomic E-state index is -1.08. The molecule has 2 rings (SSSR count). The second-order valence-electron chi connectivity index (χ2n) is 5.52. The molecule has 2 N–H and O–H groups in total. The summed E-state index contributed by atoms with van der Waals surface area (Å²) >= 11 is 0. The monoisotopic (exact) mass is 343 g/mol. The first-order valence-corrected chi connectivity index (χ1v) is 7.60. The second kappa shape index (κ2) is 8.70. The SMILES string of the molecule is O=C(O)CO[C@H]1CCOC[C@H]1NC(=O)CCc1ccc(F)cc1F. The fourth-order valence-corrected chi connectivity index (χ4v) is 2.48. The van der Waals surface area contributed by atoms with E-state index in [9.17, 15) is 18.4 Å². The van der Waals surface area contributed by atoms with Crippen molar-refractivity contribution in [3.8, 4) is 0 Å². The molecule has 0 spiro atoms. The van der Waals surface area contributed by atoms with E-state index < -0.39 is 36.4 Å². The summed E-state index contributed by atoms with van der Waals surface area (Å²) in [6.45, 7) is 0.205. The van der Waals surface area contributed by atoms with Crippen LogP contribution in [0.3, 0.4) is 0 Å². The molecule has 0 radical (unpaired) electrons. The number of halogens is 2. The van der Waals surface area contributed by atoms with Gasteiger partial charge >= 0.3 is 5.97 Å². The molecule has 6 nitrogen and oxygen atoms in total. The van der Waals surface area contributed by atoms with Crippen molar-refractivity contribution in [1.82, 2.24) is 5.32 Å². The largest absolute Gasteiger partial charge is 0.480 e. The molecule has 1 fully saturated rings. The molecule has 2 atom stereocenters. The Morgan fingerprint density at radius 3 is 2.88 bits per heavy atom. The van der Waals surface area contributed by atoms with Gasteiger partial charge in [0.1, 0.15) is 18.2 Å². The maximum Gasteiger partial charge on any atom is 0.329 e. The lowest BCUT2D eigenvalue weighted by atomic mass is 10.1. The third kappa shape index (κ3) is 5.54. The van der Waals surface area contributed by atoms with Crippen LogP contribution >= 0.6 is 0 Å². The zero-order valence-electron chi connectivity index (χ0n) is 13.0. The van der Waals surface area contributed by atoms with E-state index in [0.29, 0.717) is 13.0 Å². The van der Waals surface area contributed by atoms with Crippen molar-refractivity contribution >= 4 is 11.9 Å². The van der Waals surface area contributed by atoms with E-state index in [1.165, 1.54) is 6.07 Å². The third-order valence-corrected chi connectivity index (χ3v) is 3.70. The maximum absolute atomic E-state index is 13.5. The molecule has 132 valence electrons. The van der Waals surface area contributed by atoms with E-state index in [4.69, 9.17) is 14.6 Å². The van der Waals surface area contributed by atoms with Crippen LogP contribution in [0.15, 0.2) is 18.2 Å². The predicted molar refractivity (Wildman–Crippen MR) is 79.4 cm³/mol. The van der Waals surface area contributed by atoms with Crippen molar-refractivity contribution in [2.24, 2.45) is 0 Å². The van der Waals surface area contributed by atoms with Crippen LogP contribution in [0.2, 0.25) is 0 Å². The number of carbonyl (C=O) groups is 2. The molecule has 0 saturated carbocycles. The average molecular weight is 343 g/mol. The average Bonchev–Trinajstić information content (AvgIpc) is 2.53. The highest BCUT2D eigenvalue weighted by Crippen LogP contribution is 2.14. The fraction of sp³-hybridized carbons (Fsp3) is 0.500. The molecular weight excluding hydrogens is 324 g/mol. The highest BCUT2D eigenvalue weighted by atomic mass is 19.1. The van der Waals surface area contributed by atoms with Gasteiger partial charge in [0.15, 0.2) is 0 Å². The quantitative estimate of drug-likeness (QED) is 0.779. The molecule has 0 unspecified atom stereocenters. The van der Waals surface area contributed by atoms with Gasteiger partial charge in [-0.2, -0.15) is 0 Å². The van der Waals surface area contributed by atoms with Crippen LogP contribution < -0.4 is 5.32 Å². The second-order valence-corrected chi connectivity index (χ2v) is 5.52. The van der Waals surface area contributed by atoms with Crippen LogP contribution in [0, 0.1) is 11.6 Å². The van der Waals surface area contributed by atoms with Gasteiger partial charge in [0.05, 0.1) is 18.8 Å². The van der Waals surface area contributed by atoms with Crippen molar-refractivity contribution in [1.29, 1.82) is 0 Å². The number of hydrogen-bond donors (Lipinski definition) is 2. The smallest absolute Gasteiger partial charge is 0.329 e. The van der Waals surface area contributed by atoms with Gasteiger partial charge in [-0.3, -0.25) is 4.79 Å². The van der Waals surface area contributed by atoms with Crippen LogP contribution in [-0.2, 0) is 25.5 Å². The number of ether oxygens (including phenoxy) is 2. The lowest BCUT2D eigenvalue weighted by molar-refractivity contribution is -0.148. The minimum absolute atomic E-state index is 0.0186. The summed E-state index contributed by atoms with van der Waals surface area (Å²) < 4.78 is 36.9. The van der Waals surface area contributed by atoms with Gasteiger partial charge in [0, 0.05) is 19.1 Å². The van der Waals surface area contributed by atoms with E-state index in [1.54, 1.807) is 0 Å². The Kier molecular flexibility index (Phi) is 6.62. The van der Waals surface area contributed by atoms with E-state index >= 15 is 0 Å². The predicted octanol–water partition coefficient (Wildman–Crippen LogP) is 1.27. The molecule has 1 saturated heterocycles. The molecule has 0 aromatic heterocycles. The Labute approximate surface area is 137 Å². The molecule has 1 heterocycles. The third-order valence-electron chi connectivity index (χ3n) is 3.70. The molecule has 1 amide bonds. The lowest BCUT2D eigenvalue weighted by Gasteiger charge is -2.31. The number of aryl methyl sites for hydroxylation is 1. The summed E-state index contributed by atoms with van der Waals surface area (Å²) in [7, 11) is 0. The maximum atomic E-state index is 13.5. The molecule has 24 heavy (non-hydrogen) atoms. The molecule has 1 aromatic rings. The van der Waals surface area contributed by atoms with E-state index in [0.717, 1.165) is 12.1 Å². The molecule has 1 aliphatic heterocycles. The highest BCUT2D eigenvalue weighted by Gasteiger charge is 2.28. The van der Waals surface area contributed by atoms with Crippen LogP contribution in [0.1, 0.15) is 18.4 Å². The summed E-state index contributed by atoms with van der Waals surface area (Å²) in [5, 5.41) is 11.4. The minimum Gasteiger partial charge on any atom is -0.480 e. The summed E-state index contributed by atoms with van der Waals surface area (Å²) in [5.41, 5.74) is 0.255. The number of amides is 1. The van der Waals surface area contributed by atoms with Gasteiger partial charge < -0.3 is 19.9 Å². The van der Waals surface area contributed by atoms with E-state index in [2.05, 4.69) is 5.32 Å². The highest BCUT2D eigenvalue weighted by molar-refractivity contribution is 5.76. The normalized spacial score (nSPS) is 20.6. The fourth-order valence-electron chi connectivity index (χ4n) is 2.48. The summed E-state index contributed by atoms with van der Waals surface area (Å²) in [6, 6.07) is 2.77. The molecule has 1 aromatic carbocycles. The first kappa shape index (κ1) is 18.3. The number of carboxylic acids is 1. The number of rotatable bonds is 7. The van der Waals surface area contributed by atoms with E-state index in [-0.39, 0.29) is 30.9 Å². The van der Waals surface area contributed by atoms with Gasteiger partial charge in [-0.15, -0.1) is 0 Å². The molecule has 8 heteroatoms. The zero-order chi connectivity index (χ0) is 17.5. The van der Waals surface area contributed by atoms with Crippen molar-refractivity contribution in [2.75, 3.05) is 19.8 Å². The standard InChI is InChI=1S/C16H19F2NO5/c17-11-3-1-10(12(18)7-11)2-4-15(20)19-13-8-23-6-5-14(13)24-9-16(21)22/h1,3,7,13-14H,2,4-6,8-9H2,(H,19,20)(H,21,22)/t13-,14+/m1/s1. The van der Waals surface area contributed by atoms with Gasteiger partial charge in [0.25, 0.3) is 0 Å². The van der Waals surface area contributed by atoms with Gasteiger partial charge in [-0.05, 0) is 24.5 Å². The van der Waals surface area contributed by atoms with E-state index in [1.807, 2.05) is 0 Å². The van der Waals surface area contributed by atoms with Gasteiger partial charge in [-0.1, -0.05) is 6.07 Å². The molecule has 0 aliphatic carbocycles. The first-order valence-electron chi connectivity index (χ1n) is 7.60. The van der Waals surface area contributed by atoms with Crippen molar-refractivity contribution < 1.29 is 33.0 Å². The molecule has 1 aliphatic rings. The first-order chi connectivity index (χ1) is 11.5. The Bertz CT molecular complexity index is 596. The summed E-state index contributed by atoms with van der Waals surface area (Å²) in [6.07, 6.45) is 0.183. The topological polar surface area (TPSA) is 84.9 Å². The summed E-state index contributed by atoms with van der Waals surface area (Å²) in [5.74, 6) is -2.78. The number of hydrogen-bond acceptors (Lipinski definition) is 4.